The number of benzene rings is 1. The van der Waals surface area contributed by atoms with Gasteiger partial charge in [0.15, 0.2) is 0 Å². The number of halogens is 4. The molecule has 0 radical (unpaired) electrons. The van der Waals surface area contributed by atoms with Crippen LogP contribution in [0.2, 0.25) is 0 Å². The third-order valence-electron chi connectivity index (χ3n) is 5.81. The van der Waals surface area contributed by atoms with Gasteiger partial charge in [-0.05, 0) is 56.5 Å². The van der Waals surface area contributed by atoms with Gasteiger partial charge in [-0.2, -0.15) is 17.6 Å². The summed E-state index contributed by atoms with van der Waals surface area (Å²) in [7, 11) is 1.54. The number of nitrogens with zero attached hydrogens (tertiary/aromatic N) is 3. The molecule has 3 rings (SSSR count). The van der Waals surface area contributed by atoms with E-state index in [4.69, 9.17) is 10.5 Å². The summed E-state index contributed by atoms with van der Waals surface area (Å²) >= 11 is 0. The van der Waals surface area contributed by atoms with E-state index in [0.717, 1.165) is 37.1 Å². The zero-order valence-corrected chi connectivity index (χ0v) is 21.0. The quantitative estimate of drug-likeness (QED) is 0.212. The van der Waals surface area contributed by atoms with Gasteiger partial charge in [0.2, 0.25) is 11.9 Å². The SMILES string of the molecule is Cc1cc(N(C)CC(=O)Nc2ccc(C(F)(F)F)cc2)c(C(/C=N/C2CCCCO2)=C(/N)CC=O)c(F)n1. The smallest absolute Gasteiger partial charge is 0.401 e. The Morgan fingerprint density at radius 1 is 1.29 bits per heavy atom. The molecular weight excluding hydrogens is 506 g/mol. The van der Waals surface area contributed by atoms with E-state index >= 15 is 4.39 Å². The summed E-state index contributed by atoms with van der Waals surface area (Å²) < 4.78 is 59.3. The molecule has 0 saturated carbocycles. The van der Waals surface area contributed by atoms with Crippen LogP contribution in [-0.2, 0) is 20.5 Å². The molecule has 0 aliphatic carbocycles. The van der Waals surface area contributed by atoms with Crippen LogP contribution < -0.4 is 16.0 Å². The summed E-state index contributed by atoms with van der Waals surface area (Å²) in [5.41, 5.74) is 6.23. The summed E-state index contributed by atoms with van der Waals surface area (Å²) in [6, 6.07) is 5.58. The number of alkyl halides is 3. The third-order valence-corrected chi connectivity index (χ3v) is 5.81. The van der Waals surface area contributed by atoms with Gasteiger partial charge in [0.1, 0.15) is 12.5 Å². The number of nitrogens with two attached hydrogens (primary N) is 1. The van der Waals surface area contributed by atoms with Gasteiger partial charge in [-0.25, -0.2) is 4.98 Å². The van der Waals surface area contributed by atoms with Crippen LogP contribution in [0.3, 0.4) is 0 Å². The second-order valence-corrected chi connectivity index (χ2v) is 8.84. The number of ether oxygens (including phenoxy) is 1. The van der Waals surface area contributed by atoms with Crippen molar-refractivity contribution in [2.24, 2.45) is 10.7 Å². The Morgan fingerprint density at radius 2 is 2.00 bits per heavy atom. The van der Waals surface area contributed by atoms with Crippen molar-refractivity contribution >= 4 is 35.4 Å². The Labute approximate surface area is 217 Å². The number of hydrogen-bond acceptors (Lipinski definition) is 7. The lowest BCUT2D eigenvalue weighted by atomic mass is 10.0. The van der Waals surface area contributed by atoms with E-state index in [9.17, 15) is 22.8 Å². The van der Waals surface area contributed by atoms with Crippen molar-refractivity contribution in [3.63, 3.8) is 0 Å². The molecule has 1 saturated heterocycles. The molecule has 1 fully saturated rings. The number of hydrogen-bond donors (Lipinski definition) is 2. The molecule has 1 aromatic heterocycles. The van der Waals surface area contributed by atoms with E-state index in [1.807, 2.05) is 0 Å². The second kappa shape index (κ2) is 12.6. The molecule has 1 aliphatic rings. The molecule has 1 aromatic carbocycles. The first-order chi connectivity index (χ1) is 18.0. The number of aryl methyl sites for hydroxylation is 1. The number of aliphatic imine (C=N–C) groups is 1. The largest absolute Gasteiger partial charge is 0.416 e. The van der Waals surface area contributed by atoms with Crippen LogP contribution in [-0.4, -0.2) is 49.8 Å². The number of carbonyl (C=O) groups is 2. The van der Waals surface area contributed by atoms with Crippen molar-refractivity contribution in [1.29, 1.82) is 0 Å². The van der Waals surface area contributed by atoms with Gasteiger partial charge >= 0.3 is 6.18 Å². The fraction of sp³-hybridized carbons (Fsp3) is 0.385. The molecule has 12 heteroatoms. The fourth-order valence-electron chi connectivity index (χ4n) is 3.92. The average Bonchev–Trinajstić information content (AvgIpc) is 2.85. The summed E-state index contributed by atoms with van der Waals surface area (Å²) in [6.45, 7) is 1.85. The number of anilines is 2. The van der Waals surface area contributed by atoms with Gasteiger partial charge in [0.25, 0.3) is 0 Å². The van der Waals surface area contributed by atoms with E-state index in [2.05, 4.69) is 15.3 Å². The van der Waals surface area contributed by atoms with Crippen LogP contribution in [0.25, 0.3) is 5.57 Å². The number of nitrogens with one attached hydrogen (secondary N) is 1. The van der Waals surface area contributed by atoms with Gasteiger partial charge in [0.05, 0.1) is 23.4 Å². The lowest BCUT2D eigenvalue weighted by Crippen LogP contribution is -2.31. The van der Waals surface area contributed by atoms with Gasteiger partial charge in [-0.3, -0.25) is 9.79 Å². The van der Waals surface area contributed by atoms with Crippen molar-refractivity contribution < 1.29 is 31.9 Å². The highest BCUT2D eigenvalue weighted by molar-refractivity contribution is 6.13. The number of carbonyl (C=O) groups excluding carboxylic acids is 2. The van der Waals surface area contributed by atoms with Gasteiger partial charge in [-0.15, -0.1) is 0 Å². The molecule has 0 bridgehead atoms. The van der Waals surface area contributed by atoms with Crippen LogP contribution >= 0.6 is 0 Å². The van der Waals surface area contributed by atoms with Crippen molar-refractivity contribution in [3.8, 4) is 0 Å². The van der Waals surface area contributed by atoms with Gasteiger partial charge < -0.3 is 25.5 Å². The maximum Gasteiger partial charge on any atom is 0.416 e. The third kappa shape index (κ3) is 7.60. The molecule has 1 unspecified atom stereocenters. The molecule has 8 nitrogen and oxygen atoms in total. The van der Waals surface area contributed by atoms with Crippen molar-refractivity contribution in [2.75, 3.05) is 30.4 Å². The molecule has 204 valence electrons. The van der Waals surface area contributed by atoms with Gasteiger partial charge in [0, 0.05) is 48.9 Å². The maximum atomic E-state index is 15.3. The summed E-state index contributed by atoms with van der Waals surface area (Å²) in [5, 5.41) is 2.53. The predicted molar refractivity (Wildman–Crippen MR) is 136 cm³/mol. The number of aromatic nitrogens is 1. The summed E-state index contributed by atoms with van der Waals surface area (Å²) in [6.07, 6.45) is -0.633. The van der Waals surface area contributed by atoms with E-state index in [1.54, 1.807) is 20.0 Å². The molecule has 1 aliphatic heterocycles. The first kappa shape index (κ1) is 28.8. The second-order valence-electron chi connectivity index (χ2n) is 8.84. The molecule has 1 amide bonds. The highest BCUT2D eigenvalue weighted by atomic mass is 19.4. The van der Waals surface area contributed by atoms with Crippen molar-refractivity contribution in [1.82, 2.24) is 4.98 Å². The average molecular weight is 536 g/mol. The van der Waals surface area contributed by atoms with Crippen molar-refractivity contribution in [2.45, 2.75) is 45.0 Å². The molecule has 2 aromatic rings. The number of aldehydes is 1. The van der Waals surface area contributed by atoms with E-state index in [-0.39, 0.29) is 41.2 Å². The zero-order chi connectivity index (χ0) is 27.9. The first-order valence-corrected chi connectivity index (χ1v) is 11.9. The Morgan fingerprint density at radius 3 is 2.61 bits per heavy atom. The number of rotatable bonds is 9. The van der Waals surface area contributed by atoms with E-state index < -0.39 is 29.8 Å². The number of amides is 1. The predicted octanol–water partition coefficient (Wildman–Crippen LogP) is 4.48. The minimum Gasteiger partial charge on any atom is -0.401 e. The van der Waals surface area contributed by atoms with E-state index in [1.165, 1.54) is 11.1 Å². The summed E-state index contributed by atoms with van der Waals surface area (Å²) in [5.74, 6) is -1.42. The topological polar surface area (TPSA) is 110 Å². The maximum absolute atomic E-state index is 15.3. The normalized spacial score (nSPS) is 16.7. The van der Waals surface area contributed by atoms with Crippen LogP contribution in [0.5, 0.6) is 0 Å². The van der Waals surface area contributed by atoms with Crippen LogP contribution in [0.1, 0.15) is 42.5 Å². The van der Waals surface area contributed by atoms with Crippen molar-refractivity contribution in [3.05, 3.63) is 58.8 Å². The Balaban J connectivity index is 1.89. The molecule has 1 atom stereocenters. The Kier molecular flexibility index (Phi) is 9.56. The Hall–Kier alpha value is -3.80. The number of likely N-dealkylation sites (N-methyl/N-ethyl adjacent to an activating group) is 1. The molecule has 3 N–H and O–H groups in total. The van der Waals surface area contributed by atoms with Crippen LogP contribution in [0.4, 0.5) is 28.9 Å². The molecular formula is C26H29F4N5O3. The minimum absolute atomic E-state index is 0.0423. The minimum atomic E-state index is -4.49. The number of pyridine rings is 1. The van der Waals surface area contributed by atoms with Gasteiger partial charge in [-0.1, -0.05) is 0 Å². The highest BCUT2D eigenvalue weighted by Gasteiger charge is 2.30. The monoisotopic (exact) mass is 535 g/mol. The first-order valence-electron chi connectivity index (χ1n) is 11.9. The molecule has 0 spiro atoms. The summed E-state index contributed by atoms with van der Waals surface area (Å²) in [4.78, 5) is 33.6. The van der Waals surface area contributed by atoms with Crippen LogP contribution in [0, 0.1) is 12.9 Å². The fourth-order valence-corrected chi connectivity index (χ4v) is 3.92. The highest BCUT2D eigenvalue weighted by Crippen LogP contribution is 2.32. The lowest BCUT2D eigenvalue weighted by Gasteiger charge is -2.24. The molecule has 38 heavy (non-hydrogen) atoms. The standard InChI is InChI=1S/C26H29F4N5O3/c1-16-13-21(35(2)15-22(37)34-18-8-6-17(7-9-18)26(28,29)30)24(25(27)33-16)19(20(31)10-11-36)14-32-23-5-3-4-12-38-23/h6-9,11,13-14,23H,3-5,10,12,15,31H2,1-2H3,(H,34,37)/b20-19+,32-14+. The van der Waals surface area contributed by atoms with E-state index in [0.29, 0.717) is 25.0 Å². The van der Waals surface area contributed by atoms with Crippen LogP contribution in [0.15, 0.2) is 41.0 Å². The zero-order valence-electron chi connectivity index (χ0n) is 21.0. The molecule has 2 heterocycles. The number of allylic oxidation sites excluding steroid dienone is 2. The lowest BCUT2D eigenvalue weighted by molar-refractivity contribution is -0.137. The Bertz CT molecular complexity index is 1210.